The van der Waals surface area contributed by atoms with Gasteiger partial charge < -0.3 is 15.2 Å². The number of halogens is 2. The van der Waals surface area contributed by atoms with Crippen LogP contribution in [0.15, 0.2) is 36.4 Å². The van der Waals surface area contributed by atoms with Gasteiger partial charge >= 0.3 is 0 Å². The van der Waals surface area contributed by atoms with E-state index in [1.165, 1.54) is 25.3 Å². The zero-order valence-electron chi connectivity index (χ0n) is 11.9. The SMILES string of the molecule is CCc1ccc(Oc2ccc(N)cc2C(F)F)c(OC)c1. The van der Waals surface area contributed by atoms with E-state index in [1.807, 2.05) is 19.1 Å². The van der Waals surface area contributed by atoms with Crippen molar-refractivity contribution >= 4 is 5.69 Å². The first kappa shape index (κ1) is 15.1. The van der Waals surface area contributed by atoms with Gasteiger partial charge in [0.15, 0.2) is 11.5 Å². The molecule has 0 aliphatic rings. The summed E-state index contributed by atoms with van der Waals surface area (Å²) < 4.78 is 36.9. The van der Waals surface area contributed by atoms with Gasteiger partial charge in [0.1, 0.15) is 5.75 Å². The van der Waals surface area contributed by atoms with Gasteiger partial charge in [-0.05, 0) is 42.3 Å². The molecule has 0 atom stereocenters. The molecule has 0 aliphatic heterocycles. The normalized spacial score (nSPS) is 10.7. The Morgan fingerprint density at radius 1 is 1.05 bits per heavy atom. The Morgan fingerprint density at radius 3 is 2.38 bits per heavy atom. The number of aryl methyl sites for hydroxylation is 1. The van der Waals surface area contributed by atoms with E-state index in [2.05, 4.69) is 0 Å². The maximum atomic E-state index is 13.0. The predicted molar refractivity (Wildman–Crippen MR) is 78.3 cm³/mol. The van der Waals surface area contributed by atoms with Gasteiger partial charge in [-0.1, -0.05) is 13.0 Å². The molecule has 0 fully saturated rings. The predicted octanol–water partition coefficient (Wildman–Crippen LogP) is 4.57. The van der Waals surface area contributed by atoms with Gasteiger partial charge in [0.25, 0.3) is 6.43 Å². The number of methoxy groups -OCH3 is 1. The largest absolute Gasteiger partial charge is 0.493 e. The van der Waals surface area contributed by atoms with Crippen molar-refractivity contribution in [2.75, 3.05) is 12.8 Å². The number of anilines is 1. The summed E-state index contributed by atoms with van der Waals surface area (Å²) in [5.74, 6) is 0.967. The molecule has 0 amide bonds. The van der Waals surface area contributed by atoms with E-state index in [0.29, 0.717) is 11.5 Å². The van der Waals surface area contributed by atoms with Gasteiger partial charge in [-0.25, -0.2) is 8.78 Å². The van der Waals surface area contributed by atoms with Crippen molar-refractivity contribution in [3.63, 3.8) is 0 Å². The van der Waals surface area contributed by atoms with Crippen LogP contribution in [0.25, 0.3) is 0 Å². The molecule has 0 bridgehead atoms. The highest BCUT2D eigenvalue weighted by Crippen LogP contribution is 2.37. The smallest absolute Gasteiger partial charge is 0.267 e. The monoisotopic (exact) mass is 293 g/mol. The lowest BCUT2D eigenvalue weighted by Gasteiger charge is -2.14. The van der Waals surface area contributed by atoms with Gasteiger partial charge in [-0.3, -0.25) is 0 Å². The second kappa shape index (κ2) is 6.43. The van der Waals surface area contributed by atoms with Crippen molar-refractivity contribution in [1.82, 2.24) is 0 Å². The van der Waals surface area contributed by atoms with Crippen molar-refractivity contribution in [3.05, 3.63) is 47.5 Å². The summed E-state index contributed by atoms with van der Waals surface area (Å²) in [6.45, 7) is 2.02. The first-order valence-electron chi connectivity index (χ1n) is 6.57. The van der Waals surface area contributed by atoms with E-state index < -0.39 is 6.43 Å². The van der Waals surface area contributed by atoms with Crippen LogP contribution in [-0.4, -0.2) is 7.11 Å². The maximum absolute atomic E-state index is 13.0. The molecule has 2 N–H and O–H groups in total. The molecule has 0 aromatic heterocycles. The number of hydrogen-bond donors (Lipinski definition) is 1. The molecule has 3 nitrogen and oxygen atoms in total. The topological polar surface area (TPSA) is 44.5 Å². The Bertz CT molecular complexity index is 630. The van der Waals surface area contributed by atoms with Crippen LogP contribution >= 0.6 is 0 Å². The van der Waals surface area contributed by atoms with E-state index in [9.17, 15) is 8.78 Å². The molecule has 0 saturated carbocycles. The Labute approximate surface area is 122 Å². The number of ether oxygens (including phenoxy) is 2. The van der Waals surface area contributed by atoms with E-state index >= 15 is 0 Å². The van der Waals surface area contributed by atoms with Crippen LogP contribution < -0.4 is 15.2 Å². The minimum Gasteiger partial charge on any atom is -0.493 e. The van der Waals surface area contributed by atoms with E-state index in [1.54, 1.807) is 6.07 Å². The van der Waals surface area contributed by atoms with Crippen LogP contribution in [0.3, 0.4) is 0 Å². The van der Waals surface area contributed by atoms with Crippen LogP contribution in [0, 0.1) is 0 Å². The van der Waals surface area contributed by atoms with E-state index in [4.69, 9.17) is 15.2 Å². The fourth-order valence-electron chi connectivity index (χ4n) is 1.97. The molecule has 0 radical (unpaired) electrons. The second-order valence-corrected chi connectivity index (χ2v) is 4.54. The minimum atomic E-state index is -2.66. The molecular weight excluding hydrogens is 276 g/mol. The van der Waals surface area contributed by atoms with Gasteiger partial charge in [0, 0.05) is 5.69 Å². The molecule has 2 aromatic carbocycles. The molecule has 0 heterocycles. The molecular formula is C16H17F2NO2. The quantitative estimate of drug-likeness (QED) is 0.821. The highest BCUT2D eigenvalue weighted by Gasteiger charge is 2.16. The summed E-state index contributed by atoms with van der Waals surface area (Å²) in [4.78, 5) is 0. The molecule has 0 unspecified atom stereocenters. The summed E-state index contributed by atoms with van der Waals surface area (Å²) in [5, 5.41) is 0. The number of nitrogens with two attached hydrogens (primary N) is 1. The number of rotatable bonds is 5. The van der Waals surface area contributed by atoms with Crippen LogP contribution in [0.4, 0.5) is 14.5 Å². The third-order valence-electron chi connectivity index (χ3n) is 3.13. The Balaban J connectivity index is 2.38. The Hall–Kier alpha value is -2.30. The molecule has 0 spiro atoms. The zero-order valence-corrected chi connectivity index (χ0v) is 11.9. The summed E-state index contributed by atoms with van der Waals surface area (Å²) in [5.41, 5.74) is 6.64. The zero-order chi connectivity index (χ0) is 15.4. The lowest BCUT2D eigenvalue weighted by molar-refractivity contribution is 0.148. The fraction of sp³-hybridized carbons (Fsp3) is 0.250. The average molecular weight is 293 g/mol. The van der Waals surface area contributed by atoms with Crippen LogP contribution in [-0.2, 0) is 6.42 Å². The molecule has 112 valence electrons. The first-order chi connectivity index (χ1) is 10.0. The summed E-state index contributed by atoms with van der Waals surface area (Å²) in [6.07, 6.45) is -1.81. The number of hydrogen-bond acceptors (Lipinski definition) is 3. The summed E-state index contributed by atoms with van der Waals surface area (Å²) in [7, 11) is 1.51. The van der Waals surface area contributed by atoms with E-state index in [0.717, 1.165) is 12.0 Å². The van der Waals surface area contributed by atoms with Gasteiger partial charge in [0.2, 0.25) is 0 Å². The van der Waals surface area contributed by atoms with Crippen molar-refractivity contribution in [2.45, 2.75) is 19.8 Å². The van der Waals surface area contributed by atoms with Crippen molar-refractivity contribution in [2.24, 2.45) is 0 Å². The third-order valence-corrected chi connectivity index (χ3v) is 3.13. The lowest BCUT2D eigenvalue weighted by atomic mass is 10.1. The van der Waals surface area contributed by atoms with Crippen LogP contribution in [0.2, 0.25) is 0 Å². The lowest BCUT2D eigenvalue weighted by Crippen LogP contribution is -1.97. The number of nitrogen functional groups attached to an aromatic ring is 1. The highest BCUT2D eigenvalue weighted by molar-refractivity contribution is 5.52. The van der Waals surface area contributed by atoms with Crippen molar-refractivity contribution < 1.29 is 18.3 Å². The van der Waals surface area contributed by atoms with Crippen LogP contribution in [0.5, 0.6) is 17.2 Å². The standard InChI is InChI=1S/C16H17F2NO2/c1-3-10-4-6-14(15(8-10)20-2)21-13-7-5-11(19)9-12(13)16(17)18/h4-9,16H,3,19H2,1-2H3. The molecule has 2 aromatic rings. The molecule has 2 rings (SSSR count). The minimum absolute atomic E-state index is 0.0711. The molecule has 5 heteroatoms. The highest BCUT2D eigenvalue weighted by atomic mass is 19.3. The van der Waals surface area contributed by atoms with Crippen molar-refractivity contribution in [3.8, 4) is 17.2 Å². The van der Waals surface area contributed by atoms with E-state index in [-0.39, 0.29) is 17.0 Å². The summed E-state index contributed by atoms with van der Waals surface area (Å²) >= 11 is 0. The van der Waals surface area contributed by atoms with Gasteiger partial charge in [-0.2, -0.15) is 0 Å². The maximum Gasteiger partial charge on any atom is 0.267 e. The van der Waals surface area contributed by atoms with Gasteiger partial charge in [0.05, 0.1) is 12.7 Å². The van der Waals surface area contributed by atoms with Crippen LogP contribution in [0.1, 0.15) is 24.5 Å². The molecule has 21 heavy (non-hydrogen) atoms. The number of alkyl halides is 2. The second-order valence-electron chi connectivity index (χ2n) is 4.54. The Morgan fingerprint density at radius 2 is 1.76 bits per heavy atom. The van der Waals surface area contributed by atoms with Gasteiger partial charge in [-0.15, -0.1) is 0 Å². The summed E-state index contributed by atoms with van der Waals surface area (Å²) in [6, 6.07) is 9.58. The van der Waals surface area contributed by atoms with Crippen molar-refractivity contribution in [1.29, 1.82) is 0 Å². The Kier molecular flexibility index (Phi) is 4.62. The average Bonchev–Trinajstić information content (AvgIpc) is 2.49. The molecule has 0 saturated heterocycles. The third kappa shape index (κ3) is 3.42. The molecule has 0 aliphatic carbocycles. The fourth-order valence-corrected chi connectivity index (χ4v) is 1.97. The number of benzene rings is 2. The first-order valence-corrected chi connectivity index (χ1v) is 6.57.